The van der Waals surface area contributed by atoms with Crippen LogP contribution >= 0.6 is 11.6 Å². The second-order valence-corrected chi connectivity index (χ2v) is 4.96. The molecule has 4 heteroatoms. The van der Waals surface area contributed by atoms with E-state index in [9.17, 15) is 5.11 Å². The molecular weight excluding hydrogens is 276 g/mol. The van der Waals surface area contributed by atoms with E-state index in [1.165, 1.54) is 0 Å². The first-order chi connectivity index (χ1) is 9.55. The minimum atomic E-state index is -0.755. The zero-order valence-electron chi connectivity index (χ0n) is 11.7. The molecule has 0 aliphatic rings. The average Bonchev–Trinajstić information content (AvgIpc) is 2.48. The first-order valence-corrected chi connectivity index (χ1v) is 6.60. The van der Waals surface area contributed by atoms with E-state index in [4.69, 9.17) is 21.1 Å². The van der Waals surface area contributed by atoms with Gasteiger partial charge in [-0.25, -0.2) is 0 Å². The maximum atomic E-state index is 10.5. The molecule has 0 aromatic heterocycles. The minimum absolute atomic E-state index is 0.643. The molecule has 1 unspecified atom stereocenters. The Morgan fingerprint density at radius 2 is 1.55 bits per heavy atom. The van der Waals surface area contributed by atoms with Crippen LogP contribution in [0.4, 0.5) is 0 Å². The van der Waals surface area contributed by atoms with Crippen LogP contribution in [0.15, 0.2) is 36.4 Å². The van der Waals surface area contributed by atoms with Crippen molar-refractivity contribution in [3.8, 4) is 11.5 Å². The predicted octanol–water partition coefficient (Wildman–Crippen LogP) is 3.75. The van der Waals surface area contributed by atoms with Gasteiger partial charge in [0, 0.05) is 11.1 Å². The third-order valence-electron chi connectivity index (χ3n) is 3.19. The molecule has 3 nitrogen and oxygen atoms in total. The molecule has 0 spiro atoms. The summed E-state index contributed by atoms with van der Waals surface area (Å²) in [4.78, 5) is 0. The van der Waals surface area contributed by atoms with E-state index in [0.29, 0.717) is 22.1 Å². The maximum absolute atomic E-state index is 10.5. The molecule has 0 fully saturated rings. The summed E-state index contributed by atoms with van der Waals surface area (Å²) >= 11 is 6.01. The van der Waals surface area contributed by atoms with Crippen molar-refractivity contribution in [1.29, 1.82) is 0 Å². The van der Waals surface area contributed by atoms with Crippen LogP contribution < -0.4 is 9.47 Å². The van der Waals surface area contributed by atoms with Crippen LogP contribution in [0.1, 0.15) is 22.8 Å². The van der Waals surface area contributed by atoms with E-state index in [1.807, 2.05) is 19.1 Å². The van der Waals surface area contributed by atoms with Gasteiger partial charge in [0.2, 0.25) is 0 Å². The second kappa shape index (κ2) is 6.16. The molecule has 2 rings (SSSR count). The number of aliphatic hydroxyl groups is 1. The zero-order chi connectivity index (χ0) is 14.7. The van der Waals surface area contributed by atoms with E-state index in [-0.39, 0.29) is 0 Å². The summed E-state index contributed by atoms with van der Waals surface area (Å²) < 4.78 is 10.4. The molecular formula is C16H17ClO3. The van der Waals surface area contributed by atoms with Gasteiger partial charge in [-0.2, -0.15) is 0 Å². The summed E-state index contributed by atoms with van der Waals surface area (Å²) in [6, 6.07) is 10.8. The van der Waals surface area contributed by atoms with Crippen LogP contribution in [0.2, 0.25) is 5.02 Å². The molecule has 1 N–H and O–H groups in total. The fourth-order valence-corrected chi connectivity index (χ4v) is 2.14. The number of aryl methyl sites for hydroxylation is 1. The van der Waals surface area contributed by atoms with Crippen LogP contribution in [0, 0.1) is 6.92 Å². The average molecular weight is 293 g/mol. The number of rotatable bonds is 4. The second-order valence-electron chi connectivity index (χ2n) is 4.56. The first-order valence-electron chi connectivity index (χ1n) is 6.22. The fraction of sp³-hybridized carbons (Fsp3) is 0.250. The highest BCUT2D eigenvalue weighted by Gasteiger charge is 2.14. The van der Waals surface area contributed by atoms with E-state index in [2.05, 4.69) is 0 Å². The van der Waals surface area contributed by atoms with Crippen molar-refractivity contribution < 1.29 is 14.6 Å². The van der Waals surface area contributed by atoms with Crippen LogP contribution in [0.3, 0.4) is 0 Å². The number of ether oxygens (including phenoxy) is 2. The Bertz CT molecular complexity index is 588. The highest BCUT2D eigenvalue weighted by Crippen LogP contribution is 2.31. The Kier molecular flexibility index (Phi) is 4.53. The number of halogens is 1. The van der Waals surface area contributed by atoms with Gasteiger partial charge in [0.1, 0.15) is 17.6 Å². The number of aliphatic hydroxyl groups excluding tert-OH is 1. The van der Waals surface area contributed by atoms with Gasteiger partial charge in [-0.1, -0.05) is 23.7 Å². The molecule has 1 atom stereocenters. The number of hydrogen-bond donors (Lipinski definition) is 1. The van der Waals surface area contributed by atoms with Gasteiger partial charge in [-0.05, 0) is 41.8 Å². The molecule has 0 heterocycles. The minimum Gasteiger partial charge on any atom is -0.497 e. The Morgan fingerprint density at radius 1 is 0.950 bits per heavy atom. The van der Waals surface area contributed by atoms with Gasteiger partial charge in [0.15, 0.2) is 0 Å². The van der Waals surface area contributed by atoms with Crippen molar-refractivity contribution in [3.05, 3.63) is 58.1 Å². The van der Waals surface area contributed by atoms with Crippen molar-refractivity contribution in [1.82, 2.24) is 0 Å². The fourth-order valence-electron chi connectivity index (χ4n) is 2.02. The molecule has 0 aliphatic heterocycles. The number of hydrogen-bond acceptors (Lipinski definition) is 3. The van der Waals surface area contributed by atoms with Gasteiger partial charge >= 0.3 is 0 Å². The van der Waals surface area contributed by atoms with Gasteiger partial charge < -0.3 is 14.6 Å². The molecule has 0 amide bonds. The highest BCUT2D eigenvalue weighted by molar-refractivity contribution is 6.31. The van der Waals surface area contributed by atoms with E-state index in [0.717, 1.165) is 11.1 Å². The third-order valence-corrected chi connectivity index (χ3v) is 3.61. The lowest BCUT2D eigenvalue weighted by Gasteiger charge is -2.15. The van der Waals surface area contributed by atoms with Crippen molar-refractivity contribution >= 4 is 11.6 Å². The summed E-state index contributed by atoms with van der Waals surface area (Å²) in [5.74, 6) is 1.29. The number of methoxy groups -OCH3 is 2. The van der Waals surface area contributed by atoms with Crippen LogP contribution in [-0.4, -0.2) is 19.3 Å². The molecule has 20 heavy (non-hydrogen) atoms. The van der Waals surface area contributed by atoms with Crippen LogP contribution in [0.25, 0.3) is 0 Å². The molecule has 0 saturated carbocycles. The molecule has 2 aromatic rings. The molecule has 2 aromatic carbocycles. The zero-order valence-corrected chi connectivity index (χ0v) is 12.4. The maximum Gasteiger partial charge on any atom is 0.122 e. The lowest BCUT2D eigenvalue weighted by molar-refractivity contribution is 0.219. The molecule has 0 aliphatic carbocycles. The van der Waals surface area contributed by atoms with Gasteiger partial charge in [-0.15, -0.1) is 0 Å². The number of benzene rings is 2. The van der Waals surface area contributed by atoms with Gasteiger partial charge in [-0.3, -0.25) is 0 Å². The smallest absolute Gasteiger partial charge is 0.122 e. The summed E-state index contributed by atoms with van der Waals surface area (Å²) in [5.41, 5.74) is 2.42. The highest BCUT2D eigenvalue weighted by atomic mass is 35.5. The summed E-state index contributed by atoms with van der Waals surface area (Å²) in [5, 5.41) is 11.2. The lowest BCUT2D eigenvalue weighted by atomic mass is 9.99. The van der Waals surface area contributed by atoms with Crippen molar-refractivity contribution in [2.24, 2.45) is 0 Å². The SMILES string of the molecule is COc1cc(OC)cc(C(O)c2ccc(Cl)c(C)c2)c1. The largest absolute Gasteiger partial charge is 0.497 e. The summed E-state index contributed by atoms with van der Waals surface area (Å²) in [7, 11) is 3.16. The Hall–Kier alpha value is -1.71. The van der Waals surface area contributed by atoms with E-state index in [1.54, 1.807) is 38.5 Å². The Labute approximate surface area is 123 Å². The lowest BCUT2D eigenvalue weighted by Crippen LogP contribution is -2.01. The Morgan fingerprint density at radius 3 is 2.05 bits per heavy atom. The van der Waals surface area contributed by atoms with E-state index < -0.39 is 6.10 Å². The quantitative estimate of drug-likeness (QED) is 0.933. The van der Waals surface area contributed by atoms with Crippen molar-refractivity contribution in [2.45, 2.75) is 13.0 Å². The van der Waals surface area contributed by atoms with E-state index >= 15 is 0 Å². The molecule has 106 valence electrons. The van der Waals surface area contributed by atoms with Crippen molar-refractivity contribution in [3.63, 3.8) is 0 Å². The van der Waals surface area contributed by atoms with Crippen LogP contribution in [0.5, 0.6) is 11.5 Å². The summed E-state index contributed by atoms with van der Waals surface area (Å²) in [6.07, 6.45) is -0.755. The third kappa shape index (κ3) is 3.06. The molecule has 0 radical (unpaired) electrons. The topological polar surface area (TPSA) is 38.7 Å². The summed E-state index contributed by atoms with van der Waals surface area (Å²) in [6.45, 7) is 1.91. The normalized spacial score (nSPS) is 12.1. The van der Waals surface area contributed by atoms with Crippen LogP contribution in [-0.2, 0) is 0 Å². The predicted molar refractivity (Wildman–Crippen MR) is 79.8 cm³/mol. The molecule has 0 saturated heterocycles. The monoisotopic (exact) mass is 292 g/mol. The standard InChI is InChI=1S/C16H17ClO3/c1-10-6-11(4-5-15(10)17)16(18)12-7-13(19-2)9-14(8-12)20-3/h4-9,16,18H,1-3H3. The Balaban J connectivity index is 2.41. The van der Waals surface area contributed by atoms with Crippen molar-refractivity contribution in [2.75, 3.05) is 14.2 Å². The van der Waals surface area contributed by atoms with Gasteiger partial charge in [0.05, 0.1) is 14.2 Å². The first kappa shape index (κ1) is 14.7. The van der Waals surface area contributed by atoms with Gasteiger partial charge in [0.25, 0.3) is 0 Å². The molecule has 0 bridgehead atoms.